The van der Waals surface area contributed by atoms with Gasteiger partial charge in [-0.2, -0.15) is 0 Å². The number of hydrogen-bond donors (Lipinski definition) is 2. The number of benzene rings is 2. The number of carbonyl (C=O) groups excluding carboxylic acids is 2. The molecule has 2 aromatic rings. The van der Waals surface area contributed by atoms with E-state index in [1.54, 1.807) is 4.90 Å². The summed E-state index contributed by atoms with van der Waals surface area (Å²) >= 11 is 0. The van der Waals surface area contributed by atoms with E-state index in [9.17, 15) is 19.5 Å². The summed E-state index contributed by atoms with van der Waals surface area (Å²) in [6.07, 6.45) is 0.587. The normalized spacial score (nSPS) is 19.8. The number of likely N-dealkylation sites (tertiary alicyclic amines) is 1. The van der Waals surface area contributed by atoms with Gasteiger partial charge in [-0.3, -0.25) is 9.59 Å². The molecule has 1 unspecified atom stereocenters. The van der Waals surface area contributed by atoms with Crippen LogP contribution in [0.1, 0.15) is 57.1 Å². The Bertz CT molecular complexity index is 1070. The van der Waals surface area contributed by atoms with Gasteiger partial charge in [-0.05, 0) is 41.0 Å². The monoisotopic (exact) mass is 478 g/mol. The maximum Gasteiger partial charge on any atom is 0.407 e. The van der Waals surface area contributed by atoms with E-state index in [-0.39, 0.29) is 43.4 Å². The Balaban J connectivity index is 1.34. The SMILES string of the molecule is CC[C@H](CC(=O)N1CCC(C(=O)O)(C(C)C)C1)NC(=O)OCC1c2ccccc2-c2ccccc21. The largest absolute Gasteiger partial charge is 0.481 e. The molecule has 1 fully saturated rings. The standard InChI is InChI=1S/C28H34N2O5/c1-4-19(15-25(31)30-14-13-28(17-30,18(2)3)26(32)33)29-27(34)35-16-24-22-11-7-5-9-20(22)21-10-6-8-12-23(21)24/h5-12,18-19,24H,4,13-17H2,1-3H3,(H,29,34)(H,32,33)/t19-,28?/m1/s1. The second-order valence-electron chi connectivity index (χ2n) is 9.96. The number of nitrogens with zero attached hydrogens (tertiary/aromatic N) is 1. The molecule has 0 saturated carbocycles. The molecule has 1 aliphatic heterocycles. The van der Waals surface area contributed by atoms with Gasteiger partial charge in [-0.1, -0.05) is 69.3 Å². The Morgan fingerprint density at radius 2 is 1.69 bits per heavy atom. The molecular weight excluding hydrogens is 444 g/mol. The number of carboxylic acids is 1. The van der Waals surface area contributed by atoms with Gasteiger partial charge in [0.05, 0.1) is 5.41 Å². The number of fused-ring (bicyclic) bond motifs is 3. The summed E-state index contributed by atoms with van der Waals surface area (Å²) in [5.74, 6) is -1.09. The molecule has 1 heterocycles. The molecule has 4 rings (SSSR count). The summed E-state index contributed by atoms with van der Waals surface area (Å²) in [4.78, 5) is 39.1. The highest BCUT2D eigenvalue weighted by molar-refractivity contribution is 5.82. The van der Waals surface area contributed by atoms with Crippen molar-refractivity contribution >= 4 is 18.0 Å². The fourth-order valence-electron chi connectivity index (χ4n) is 5.38. The summed E-state index contributed by atoms with van der Waals surface area (Å²) < 4.78 is 5.62. The first-order valence-electron chi connectivity index (χ1n) is 12.4. The van der Waals surface area contributed by atoms with E-state index in [1.807, 2.05) is 45.0 Å². The lowest BCUT2D eigenvalue weighted by Crippen LogP contribution is -2.43. The molecule has 0 radical (unpaired) electrons. The van der Waals surface area contributed by atoms with E-state index >= 15 is 0 Å². The zero-order chi connectivity index (χ0) is 25.2. The lowest BCUT2D eigenvalue weighted by molar-refractivity contribution is -0.151. The van der Waals surface area contributed by atoms with Gasteiger partial charge in [0.25, 0.3) is 0 Å². The molecule has 0 spiro atoms. The van der Waals surface area contributed by atoms with Crippen molar-refractivity contribution in [1.29, 1.82) is 0 Å². The average molecular weight is 479 g/mol. The van der Waals surface area contributed by atoms with Gasteiger partial charge < -0.3 is 20.1 Å². The number of hydrogen-bond acceptors (Lipinski definition) is 4. The van der Waals surface area contributed by atoms with Gasteiger partial charge in [0.2, 0.25) is 5.91 Å². The Labute approximate surface area is 206 Å². The molecule has 1 aliphatic carbocycles. The van der Waals surface area contributed by atoms with E-state index in [2.05, 4.69) is 29.6 Å². The van der Waals surface area contributed by atoms with Crippen LogP contribution in [-0.2, 0) is 14.3 Å². The molecule has 0 bridgehead atoms. The highest BCUT2D eigenvalue weighted by atomic mass is 16.5. The molecule has 1 saturated heterocycles. The number of amides is 2. The quantitative estimate of drug-likeness (QED) is 0.576. The third-order valence-electron chi connectivity index (χ3n) is 7.76. The smallest absolute Gasteiger partial charge is 0.407 e. The molecule has 2 N–H and O–H groups in total. The van der Waals surface area contributed by atoms with Crippen LogP contribution in [0.15, 0.2) is 48.5 Å². The van der Waals surface area contributed by atoms with Crippen molar-refractivity contribution in [3.8, 4) is 11.1 Å². The maximum atomic E-state index is 12.9. The number of aliphatic carboxylic acids is 1. The van der Waals surface area contributed by atoms with Gasteiger partial charge in [0, 0.05) is 31.5 Å². The van der Waals surface area contributed by atoms with Crippen molar-refractivity contribution in [1.82, 2.24) is 10.2 Å². The van der Waals surface area contributed by atoms with Gasteiger partial charge in [0.15, 0.2) is 0 Å². The lowest BCUT2D eigenvalue weighted by Gasteiger charge is -2.29. The van der Waals surface area contributed by atoms with Crippen molar-refractivity contribution in [3.05, 3.63) is 59.7 Å². The minimum atomic E-state index is -0.905. The minimum absolute atomic E-state index is 0.0281. The van der Waals surface area contributed by atoms with Crippen LogP contribution in [0.25, 0.3) is 11.1 Å². The number of rotatable bonds is 8. The molecule has 2 amide bonds. The van der Waals surface area contributed by atoms with E-state index in [0.29, 0.717) is 19.4 Å². The molecule has 2 aromatic carbocycles. The Morgan fingerprint density at radius 1 is 1.09 bits per heavy atom. The third-order valence-corrected chi connectivity index (χ3v) is 7.76. The number of carboxylic acid groups (broad SMARTS) is 1. The summed E-state index contributed by atoms with van der Waals surface area (Å²) in [6, 6.07) is 15.9. The van der Waals surface area contributed by atoms with Crippen LogP contribution in [0, 0.1) is 11.3 Å². The predicted molar refractivity (Wildman–Crippen MR) is 133 cm³/mol. The lowest BCUT2D eigenvalue weighted by atomic mass is 9.76. The van der Waals surface area contributed by atoms with E-state index in [0.717, 1.165) is 11.1 Å². The first-order chi connectivity index (χ1) is 16.8. The maximum absolute atomic E-state index is 12.9. The van der Waals surface area contributed by atoms with Crippen molar-refractivity contribution < 1.29 is 24.2 Å². The second kappa shape index (κ2) is 10.1. The van der Waals surface area contributed by atoms with Crippen molar-refractivity contribution in [3.63, 3.8) is 0 Å². The Morgan fingerprint density at radius 3 is 2.20 bits per heavy atom. The average Bonchev–Trinajstić information content (AvgIpc) is 3.44. The number of ether oxygens (including phenoxy) is 1. The first kappa shape index (κ1) is 24.8. The van der Waals surface area contributed by atoms with Gasteiger partial charge in [-0.15, -0.1) is 0 Å². The van der Waals surface area contributed by atoms with Crippen molar-refractivity contribution in [2.75, 3.05) is 19.7 Å². The highest BCUT2D eigenvalue weighted by Crippen LogP contribution is 2.44. The van der Waals surface area contributed by atoms with Crippen LogP contribution in [0.2, 0.25) is 0 Å². The zero-order valence-electron chi connectivity index (χ0n) is 20.6. The fraction of sp³-hybridized carbons (Fsp3) is 0.464. The van der Waals surface area contributed by atoms with Crippen LogP contribution in [0.5, 0.6) is 0 Å². The third kappa shape index (κ3) is 4.77. The molecule has 7 nitrogen and oxygen atoms in total. The van der Waals surface area contributed by atoms with Gasteiger partial charge in [0.1, 0.15) is 6.61 Å². The first-order valence-corrected chi connectivity index (χ1v) is 12.4. The molecule has 35 heavy (non-hydrogen) atoms. The van der Waals surface area contributed by atoms with Crippen LogP contribution < -0.4 is 5.32 Å². The van der Waals surface area contributed by atoms with E-state index in [4.69, 9.17) is 4.74 Å². The van der Waals surface area contributed by atoms with Gasteiger partial charge >= 0.3 is 12.1 Å². The topological polar surface area (TPSA) is 95.9 Å². The molecular formula is C28H34N2O5. The molecule has 186 valence electrons. The summed E-state index contributed by atoms with van der Waals surface area (Å²) in [5, 5.41) is 12.6. The van der Waals surface area contributed by atoms with E-state index in [1.165, 1.54) is 11.1 Å². The van der Waals surface area contributed by atoms with Crippen LogP contribution in [-0.4, -0.2) is 53.7 Å². The van der Waals surface area contributed by atoms with Crippen LogP contribution in [0.4, 0.5) is 4.79 Å². The fourth-order valence-corrected chi connectivity index (χ4v) is 5.38. The summed E-state index contributed by atoms with van der Waals surface area (Å²) in [7, 11) is 0. The minimum Gasteiger partial charge on any atom is -0.481 e. The number of carbonyl (C=O) groups is 3. The Hall–Kier alpha value is -3.35. The number of alkyl carbamates (subject to hydrolysis) is 1. The molecule has 0 aromatic heterocycles. The molecule has 2 atom stereocenters. The summed E-state index contributed by atoms with van der Waals surface area (Å²) in [5.41, 5.74) is 3.71. The molecule has 7 heteroatoms. The second-order valence-corrected chi connectivity index (χ2v) is 9.96. The van der Waals surface area contributed by atoms with Gasteiger partial charge in [-0.25, -0.2) is 4.79 Å². The Kier molecular flexibility index (Phi) is 7.15. The van der Waals surface area contributed by atoms with Crippen molar-refractivity contribution in [2.24, 2.45) is 11.3 Å². The van der Waals surface area contributed by atoms with Crippen molar-refractivity contribution in [2.45, 2.75) is 52.0 Å². The van der Waals surface area contributed by atoms with Crippen LogP contribution in [0.3, 0.4) is 0 Å². The molecule has 2 aliphatic rings. The summed E-state index contributed by atoms with van der Waals surface area (Å²) in [6.45, 7) is 6.52. The number of nitrogens with one attached hydrogen (secondary N) is 1. The highest BCUT2D eigenvalue weighted by Gasteiger charge is 2.48. The van der Waals surface area contributed by atoms with Crippen LogP contribution >= 0.6 is 0 Å². The predicted octanol–water partition coefficient (Wildman–Crippen LogP) is 4.65. The zero-order valence-corrected chi connectivity index (χ0v) is 20.6. The van der Waals surface area contributed by atoms with E-state index < -0.39 is 17.5 Å².